The minimum absolute atomic E-state index is 0.783. The standard InChI is InChI=1S/C15H20BrN/c1-2-10-9-15(10)17-14-7-12(8-14)11-3-5-13(16)6-4-11/h3-6,10,12,14-15,17H,2,7-9H2,1H3. The molecule has 1 nitrogen and oxygen atoms in total. The normalized spacial score (nSPS) is 35.4. The highest BCUT2D eigenvalue weighted by Crippen LogP contribution is 2.41. The molecule has 1 aromatic carbocycles. The van der Waals surface area contributed by atoms with E-state index in [0.29, 0.717) is 0 Å². The van der Waals surface area contributed by atoms with Crippen LogP contribution in [-0.2, 0) is 0 Å². The Kier molecular flexibility index (Phi) is 3.27. The molecular formula is C15H20BrN. The van der Waals surface area contributed by atoms with Gasteiger partial charge in [0.2, 0.25) is 0 Å². The average molecular weight is 294 g/mol. The molecule has 2 atom stereocenters. The molecule has 0 aliphatic heterocycles. The molecule has 3 rings (SSSR count). The average Bonchev–Trinajstić information content (AvgIpc) is 3.03. The van der Waals surface area contributed by atoms with Crippen molar-refractivity contribution in [1.82, 2.24) is 5.32 Å². The highest BCUT2D eigenvalue weighted by Gasteiger charge is 2.40. The van der Waals surface area contributed by atoms with E-state index >= 15 is 0 Å². The van der Waals surface area contributed by atoms with E-state index in [1.54, 1.807) is 0 Å². The number of rotatable bonds is 4. The molecule has 92 valence electrons. The Morgan fingerprint density at radius 3 is 2.47 bits per heavy atom. The van der Waals surface area contributed by atoms with Crippen molar-refractivity contribution in [2.75, 3.05) is 0 Å². The fraction of sp³-hybridized carbons (Fsp3) is 0.600. The molecule has 0 spiro atoms. The van der Waals surface area contributed by atoms with Gasteiger partial charge in [0.05, 0.1) is 0 Å². The van der Waals surface area contributed by atoms with Crippen LogP contribution in [0.4, 0.5) is 0 Å². The van der Waals surface area contributed by atoms with E-state index in [9.17, 15) is 0 Å². The maximum atomic E-state index is 3.79. The summed E-state index contributed by atoms with van der Waals surface area (Å²) >= 11 is 3.49. The van der Waals surface area contributed by atoms with Crippen LogP contribution in [0.3, 0.4) is 0 Å². The Balaban J connectivity index is 1.46. The van der Waals surface area contributed by atoms with Crippen molar-refractivity contribution in [1.29, 1.82) is 0 Å². The molecular weight excluding hydrogens is 274 g/mol. The fourth-order valence-corrected chi connectivity index (χ4v) is 3.23. The van der Waals surface area contributed by atoms with E-state index in [0.717, 1.165) is 23.9 Å². The lowest BCUT2D eigenvalue weighted by atomic mass is 9.76. The molecule has 2 aliphatic rings. The van der Waals surface area contributed by atoms with Crippen molar-refractivity contribution < 1.29 is 0 Å². The molecule has 17 heavy (non-hydrogen) atoms. The van der Waals surface area contributed by atoms with Crippen LogP contribution in [0.1, 0.15) is 44.1 Å². The van der Waals surface area contributed by atoms with Crippen LogP contribution in [0, 0.1) is 5.92 Å². The van der Waals surface area contributed by atoms with Crippen molar-refractivity contribution >= 4 is 15.9 Å². The Bertz CT molecular complexity index is 380. The van der Waals surface area contributed by atoms with Gasteiger partial charge < -0.3 is 5.32 Å². The molecule has 2 fully saturated rings. The van der Waals surface area contributed by atoms with Crippen molar-refractivity contribution in [3.05, 3.63) is 34.3 Å². The summed E-state index contributed by atoms with van der Waals surface area (Å²) < 4.78 is 1.18. The summed E-state index contributed by atoms with van der Waals surface area (Å²) in [6.45, 7) is 2.30. The van der Waals surface area contributed by atoms with Gasteiger partial charge in [0.1, 0.15) is 0 Å². The third-order valence-corrected chi connectivity index (χ3v) is 4.90. The smallest absolute Gasteiger partial charge is 0.0175 e. The molecule has 1 N–H and O–H groups in total. The second-order valence-corrected chi connectivity index (χ2v) is 6.51. The minimum Gasteiger partial charge on any atom is -0.311 e. The van der Waals surface area contributed by atoms with Crippen molar-refractivity contribution in [2.45, 2.75) is 50.6 Å². The first-order valence-electron chi connectivity index (χ1n) is 6.77. The summed E-state index contributed by atoms with van der Waals surface area (Å²) in [7, 11) is 0. The Morgan fingerprint density at radius 1 is 1.18 bits per heavy atom. The van der Waals surface area contributed by atoms with Crippen LogP contribution >= 0.6 is 15.9 Å². The molecule has 1 aromatic rings. The molecule has 0 bridgehead atoms. The van der Waals surface area contributed by atoms with Gasteiger partial charge in [0.25, 0.3) is 0 Å². The van der Waals surface area contributed by atoms with E-state index in [1.165, 1.54) is 35.7 Å². The largest absolute Gasteiger partial charge is 0.311 e. The summed E-state index contributed by atoms with van der Waals surface area (Å²) in [5, 5.41) is 3.79. The molecule has 2 saturated carbocycles. The quantitative estimate of drug-likeness (QED) is 0.882. The van der Waals surface area contributed by atoms with Crippen LogP contribution in [0.15, 0.2) is 28.7 Å². The Morgan fingerprint density at radius 2 is 1.88 bits per heavy atom. The summed E-state index contributed by atoms with van der Waals surface area (Å²) in [6, 6.07) is 10.5. The number of hydrogen-bond acceptors (Lipinski definition) is 1. The highest BCUT2D eigenvalue weighted by molar-refractivity contribution is 9.10. The van der Waals surface area contributed by atoms with Crippen molar-refractivity contribution in [3.8, 4) is 0 Å². The predicted molar refractivity (Wildman–Crippen MR) is 75.2 cm³/mol. The zero-order valence-corrected chi connectivity index (χ0v) is 11.9. The van der Waals surface area contributed by atoms with E-state index < -0.39 is 0 Å². The van der Waals surface area contributed by atoms with Gasteiger partial charge in [-0.05, 0) is 48.8 Å². The van der Waals surface area contributed by atoms with Crippen LogP contribution in [0.2, 0.25) is 0 Å². The van der Waals surface area contributed by atoms with Crippen molar-refractivity contribution in [3.63, 3.8) is 0 Å². The molecule has 0 amide bonds. The zero-order valence-electron chi connectivity index (χ0n) is 10.3. The first kappa shape index (κ1) is 11.7. The van der Waals surface area contributed by atoms with Crippen LogP contribution in [0.25, 0.3) is 0 Å². The monoisotopic (exact) mass is 293 g/mol. The predicted octanol–water partition coefficient (Wildman–Crippen LogP) is 4.08. The second-order valence-electron chi connectivity index (χ2n) is 5.59. The van der Waals surface area contributed by atoms with Crippen molar-refractivity contribution in [2.24, 2.45) is 5.92 Å². The van der Waals surface area contributed by atoms with E-state index in [1.807, 2.05) is 0 Å². The van der Waals surface area contributed by atoms with Gasteiger partial charge in [0, 0.05) is 16.6 Å². The SMILES string of the molecule is CCC1CC1NC1CC(c2ccc(Br)cc2)C1. The molecule has 2 unspecified atom stereocenters. The maximum Gasteiger partial charge on any atom is 0.0175 e. The Labute approximate surface area is 112 Å². The lowest BCUT2D eigenvalue weighted by molar-refractivity contribution is 0.285. The van der Waals surface area contributed by atoms with Gasteiger partial charge in [-0.25, -0.2) is 0 Å². The first-order valence-corrected chi connectivity index (χ1v) is 7.57. The molecule has 2 heteroatoms. The van der Waals surface area contributed by atoms with Crippen LogP contribution in [-0.4, -0.2) is 12.1 Å². The molecule has 0 aromatic heterocycles. The molecule has 2 aliphatic carbocycles. The highest BCUT2D eigenvalue weighted by atomic mass is 79.9. The maximum absolute atomic E-state index is 3.79. The number of hydrogen-bond donors (Lipinski definition) is 1. The molecule has 0 heterocycles. The van der Waals surface area contributed by atoms with E-state index in [4.69, 9.17) is 0 Å². The summed E-state index contributed by atoms with van der Waals surface area (Å²) in [5.41, 5.74) is 1.51. The number of nitrogens with one attached hydrogen (secondary N) is 1. The van der Waals surface area contributed by atoms with Gasteiger partial charge in [0.15, 0.2) is 0 Å². The first-order chi connectivity index (χ1) is 8.26. The zero-order chi connectivity index (χ0) is 11.8. The third-order valence-electron chi connectivity index (χ3n) is 4.38. The lowest BCUT2D eigenvalue weighted by Gasteiger charge is -2.36. The minimum atomic E-state index is 0.783. The second kappa shape index (κ2) is 4.74. The molecule has 0 saturated heterocycles. The fourth-order valence-electron chi connectivity index (χ4n) is 2.97. The molecule has 0 radical (unpaired) electrons. The van der Waals surface area contributed by atoms with E-state index in [-0.39, 0.29) is 0 Å². The number of benzene rings is 1. The van der Waals surface area contributed by atoms with Gasteiger partial charge in [-0.3, -0.25) is 0 Å². The third kappa shape index (κ3) is 2.58. The van der Waals surface area contributed by atoms with E-state index in [2.05, 4.69) is 52.4 Å². The van der Waals surface area contributed by atoms with Gasteiger partial charge >= 0.3 is 0 Å². The van der Waals surface area contributed by atoms with Crippen LogP contribution in [0.5, 0.6) is 0 Å². The lowest BCUT2D eigenvalue weighted by Crippen LogP contribution is -2.41. The Hall–Kier alpha value is -0.340. The van der Waals surface area contributed by atoms with Gasteiger partial charge in [-0.2, -0.15) is 0 Å². The summed E-state index contributed by atoms with van der Waals surface area (Å²) in [5.74, 6) is 1.76. The van der Waals surface area contributed by atoms with Crippen LogP contribution < -0.4 is 5.32 Å². The number of halogens is 1. The summed E-state index contributed by atoms with van der Waals surface area (Å²) in [4.78, 5) is 0. The van der Waals surface area contributed by atoms with Gasteiger partial charge in [-0.15, -0.1) is 0 Å². The topological polar surface area (TPSA) is 12.0 Å². The van der Waals surface area contributed by atoms with Gasteiger partial charge in [-0.1, -0.05) is 41.4 Å². The summed E-state index contributed by atoms with van der Waals surface area (Å²) in [6.07, 6.45) is 5.42.